The van der Waals surface area contributed by atoms with Gasteiger partial charge < -0.3 is 10.5 Å². The molecule has 1 unspecified atom stereocenters. The van der Waals surface area contributed by atoms with Gasteiger partial charge in [0.1, 0.15) is 12.4 Å². The van der Waals surface area contributed by atoms with Crippen LogP contribution in [0.4, 0.5) is 0 Å². The van der Waals surface area contributed by atoms with Crippen LogP contribution in [-0.2, 0) is 4.74 Å². The molecular formula is C13H27NO. The molecule has 0 aromatic carbocycles. The second-order valence-electron chi connectivity index (χ2n) is 6.22. The van der Waals surface area contributed by atoms with Gasteiger partial charge in [-0.05, 0) is 11.8 Å². The van der Waals surface area contributed by atoms with Crippen molar-refractivity contribution in [3.8, 4) is 0 Å². The highest BCUT2D eigenvalue weighted by Crippen LogP contribution is 2.26. The SMILES string of the molecule is CCC(O/C=C(\N)C(C)(C)C)C(C)(C)C. The molecule has 0 radical (unpaired) electrons. The van der Waals surface area contributed by atoms with Crippen LogP contribution < -0.4 is 5.73 Å². The largest absolute Gasteiger partial charge is 0.496 e. The highest BCUT2D eigenvalue weighted by atomic mass is 16.5. The van der Waals surface area contributed by atoms with Gasteiger partial charge in [0.05, 0.1) is 0 Å². The van der Waals surface area contributed by atoms with Crippen LogP contribution in [0.5, 0.6) is 0 Å². The molecule has 0 saturated carbocycles. The van der Waals surface area contributed by atoms with E-state index >= 15 is 0 Å². The van der Waals surface area contributed by atoms with E-state index in [9.17, 15) is 0 Å². The summed E-state index contributed by atoms with van der Waals surface area (Å²) in [5.41, 5.74) is 6.87. The van der Waals surface area contributed by atoms with Gasteiger partial charge in [-0.15, -0.1) is 0 Å². The van der Waals surface area contributed by atoms with E-state index in [2.05, 4.69) is 48.5 Å². The van der Waals surface area contributed by atoms with Crippen LogP contribution >= 0.6 is 0 Å². The molecule has 2 nitrogen and oxygen atoms in total. The lowest BCUT2D eigenvalue weighted by Gasteiger charge is -2.30. The van der Waals surface area contributed by atoms with E-state index < -0.39 is 0 Å². The minimum atomic E-state index is -0.0177. The van der Waals surface area contributed by atoms with Crippen molar-refractivity contribution in [2.45, 2.75) is 61.0 Å². The predicted octanol–water partition coefficient (Wildman–Crippen LogP) is 3.67. The molecule has 0 rings (SSSR count). The molecule has 0 spiro atoms. The van der Waals surface area contributed by atoms with Gasteiger partial charge in [-0.1, -0.05) is 48.5 Å². The number of ether oxygens (including phenoxy) is 1. The summed E-state index contributed by atoms with van der Waals surface area (Å²) in [6.45, 7) is 14.9. The van der Waals surface area contributed by atoms with Crippen molar-refractivity contribution < 1.29 is 4.74 Å². The molecule has 2 heteroatoms. The average molecular weight is 213 g/mol. The van der Waals surface area contributed by atoms with Gasteiger partial charge in [-0.25, -0.2) is 0 Å². The molecule has 0 heterocycles. The van der Waals surface area contributed by atoms with Gasteiger partial charge in [0.25, 0.3) is 0 Å². The lowest BCUT2D eigenvalue weighted by atomic mass is 9.87. The fraction of sp³-hybridized carbons (Fsp3) is 0.846. The average Bonchev–Trinajstić information content (AvgIpc) is 2.00. The van der Waals surface area contributed by atoms with Crippen LogP contribution in [0, 0.1) is 10.8 Å². The van der Waals surface area contributed by atoms with E-state index in [4.69, 9.17) is 10.5 Å². The second-order valence-corrected chi connectivity index (χ2v) is 6.22. The summed E-state index contributed by atoms with van der Waals surface area (Å²) in [4.78, 5) is 0. The van der Waals surface area contributed by atoms with Gasteiger partial charge in [0.2, 0.25) is 0 Å². The van der Waals surface area contributed by atoms with Crippen molar-refractivity contribution >= 4 is 0 Å². The topological polar surface area (TPSA) is 35.2 Å². The zero-order valence-corrected chi connectivity index (χ0v) is 11.3. The second kappa shape index (κ2) is 4.91. The molecule has 0 fully saturated rings. The standard InChI is InChI=1S/C13H27NO/c1-8-11(13(5,6)7)15-9-10(14)12(2,3)4/h9,11H,8,14H2,1-7H3/b10-9-. The van der Waals surface area contributed by atoms with E-state index in [1.807, 2.05) is 0 Å². The van der Waals surface area contributed by atoms with Gasteiger partial charge in [0, 0.05) is 11.1 Å². The van der Waals surface area contributed by atoms with Crippen LogP contribution in [0.2, 0.25) is 0 Å². The summed E-state index contributed by atoms with van der Waals surface area (Å²) in [5, 5.41) is 0. The molecule has 0 aliphatic rings. The lowest BCUT2D eigenvalue weighted by Crippen LogP contribution is -2.28. The highest BCUT2D eigenvalue weighted by Gasteiger charge is 2.24. The third-order valence-electron chi connectivity index (χ3n) is 2.56. The Morgan fingerprint density at radius 3 is 1.93 bits per heavy atom. The third-order valence-corrected chi connectivity index (χ3v) is 2.56. The molecule has 1 atom stereocenters. The first-order chi connectivity index (χ1) is 6.59. The monoisotopic (exact) mass is 213 g/mol. The van der Waals surface area contributed by atoms with E-state index in [1.54, 1.807) is 6.26 Å². The molecule has 0 aliphatic heterocycles. The van der Waals surface area contributed by atoms with Crippen LogP contribution in [0.15, 0.2) is 12.0 Å². The summed E-state index contributed by atoms with van der Waals surface area (Å²) >= 11 is 0. The Morgan fingerprint density at radius 1 is 1.20 bits per heavy atom. The fourth-order valence-electron chi connectivity index (χ4n) is 1.24. The third kappa shape index (κ3) is 5.10. The van der Waals surface area contributed by atoms with Crippen molar-refractivity contribution in [2.75, 3.05) is 0 Å². The summed E-state index contributed by atoms with van der Waals surface area (Å²) in [6.07, 6.45) is 2.94. The summed E-state index contributed by atoms with van der Waals surface area (Å²) in [7, 11) is 0. The molecule has 2 N–H and O–H groups in total. The number of hydrogen-bond donors (Lipinski definition) is 1. The molecular weight excluding hydrogens is 186 g/mol. The summed E-state index contributed by atoms with van der Waals surface area (Å²) in [6, 6.07) is 0. The zero-order valence-electron chi connectivity index (χ0n) is 11.3. The Hall–Kier alpha value is -0.660. The molecule has 0 bridgehead atoms. The molecule has 0 aromatic heterocycles. The first kappa shape index (κ1) is 14.3. The van der Waals surface area contributed by atoms with Crippen LogP contribution in [0.1, 0.15) is 54.9 Å². The zero-order chi connectivity index (χ0) is 12.3. The molecule has 90 valence electrons. The Kier molecular flexibility index (Phi) is 4.69. The predicted molar refractivity (Wildman–Crippen MR) is 66.3 cm³/mol. The lowest BCUT2D eigenvalue weighted by molar-refractivity contribution is 0.0401. The van der Waals surface area contributed by atoms with Crippen molar-refractivity contribution in [2.24, 2.45) is 16.6 Å². The Balaban J connectivity index is 4.48. The summed E-state index contributed by atoms with van der Waals surface area (Å²) < 4.78 is 5.76. The summed E-state index contributed by atoms with van der Waals surface area (Å²) in [5.74, 6) is 0. The van der Waals surface area contributed by atoms with Crippen LogP contribution in [0.25, 0.3) is 0 Å². The van der Waals surface area contributed by atoms with Crippen LogP contribution in [-0.4, -0.2) is 6.10 Å². The highest BCUT2D eigenvalue weighted by molar-refractivity contribution is 5.02. The van der Waals surface area contributed by atoms with Gasteiger partial charge in [-0.3, -0.25) is 0 Å². The fourth-order valence-corrected chi connectivity index (χ4v) is 1.24. The van der Waals surface area contributed by atoms with Gasteiger partial charge in [-0.2, -0.15) is 0 Å². The Morgan fingerprint density at radius 2 is 1.67 bits per heavy atom. The van der Waals surface area contributed by atoms with Crippen LogP contribution in [0.3, 0.4) is 0 Å². The minimum absolute atomic E-state index is 0.0177. The maximum absolute atomic E-state index is 5.93. The van der Waals surface area contributed by atoms with Gasteiger partial charge in [0.15, 0.2) is 0 Å². The smallest absolute Gasteiger partial charge is 0.103 e. The quantitative estimate of drug-likeness (QED) is 0.726. The minimum Gasteiger partial charge on any atom is -0.496 e. The van der Waals surface area contributed by atoms with Crippen molar-refractivity contribution in [1.29, 1.82) is 0 Å². The molecule has 0 amide bonds. The van der Waals surface area contributed by atoms with Crippen molar-refractivity contribution in [3.63, 3.8) is 0 Å². The molecule has 0 aliphatic carbocycles. The molecule has 15 heavy (non-hydrogen) atoms. The maximum Gasteiger partial charge on any atom is 0.103 e. The first-order valence-corrected chi connectivity index (χ1v) is 5.70. The van der Waals surface area contributed by atoms with E-state index in [-0.39, 0.29) is 16.9 Å². The van der Waals surface area contributed by atoms with Crippen molar-refractivity contribution in [3.05, 3.63) is 12.0 Å². The van der Waals surface area contributed by atoms with E-state index in [1.165, 1.54) is 0 Å². The first-order valence-electron chi connectivity index (χ1n) is 5.70. The normalized spacial score (nSPS) is 16.3. The van der Waals surface area contributed by atoms with E-state index in [0.29, 0.717) is 0 Å². The number of hydrogen-bond acceptors (Lipinski definition) is 2. The Labute approximate surface area is 94.9 Å². The number of allylic oxidation sites excluding steroid dienone is 1. The van der Waals surface area contributed by atoms with Gasteiger partial charge >= 0.3 is 0 Å². The Bertz CT molecular complexity index is 218. The number of nitrogens with two attached hydrogens (primary N) is 1. The molecule has 0 aromatic rings. The molecule has 0 saturated heterocycles. The van der Waals surface area contributed by atoms with E-state index in [0.717, 1.165) is 12.1 Å². The number of rotatable bonds is 3. The van der Waals surface area contributed by atoms with Crippen molar-refractivity contribution in [1.82, 2.24) is 0 Å². The maximum atomic E-state index is 5.93.